The zero-order valence-electron chi connectivity index (χ0n) is 11.2. The average molecular weight is 271 g/mol. The molecular formula is C16H17NO3. The Kier molecular flexibility index (Phi) is 1.99. The van der Waals surface area contributed by atoms with Crippen LogP contribution in [0.3, 0.4) is 0 Å². The normalized spacial score (nSPS) is 39.5. The molecule has 2 bridgehead atoms. The second kappa shape index (κ2) is 3.57. The van der Waals surface area contributed by atoms with Crippen LogP contribution in [0.2, 0.25) is 0 Å². The predicted molar refractivity (Wildman–Crippen MR) is 72.8 cm³/mol. The summed E-state index contributed by atoms with van der Waals surface area (Å²) < 4.78 is 11.1. The Hall–Kier alpha value is -1.52. The number of hydrogen-bond donors (Lipinski definition) is 1. The molecule has 0 saturated carbocycles. The summed E-state index contributed by atoms with van der Waals surface area (Å²) in [6.07, 6.45) is 5.88. The van der Waals surface area contributed by atoms with Crippen LogP contribution in [-0.4, -0.2) is 35.5 Å². The van der Waals surface area contributed by atoms with E-state index in [2.05, 4.69) is 23.1 Å². The van der Waals surface area contributed by atoms with Gasteiger partial charge in [0.15, 0.2) is 11.5 Å². The van der Waals surface area contributed by atoms with Crippen molar-refractivity contribution >= 4 is 0 Å². The molecule has 5 rings (SSSR count). The highest BCUT2D eigenvalue weighted by Crippen LogP contribution is 2.53. The van der Waals surface area contributed by atoms with E-state index in [1.54, 1.807) is 0 Å². The lowest BCUT2D eigenvalue weighted by Gasteiger charge is -2.45. The Morgan fingerprint density at radius 1 is 1.25 bits per heavy atom. The maximum atomic E-state index is 9.95. The van der Waals surface area contributed by atoms with Crippen molar-refractivity contribution in [2.45, 2.75) is 36.9 Å². The molecule has 3 aliphatic heterocycles. The van der Waals surface area contributed by atoms with Gasteiger partial charge in [-0.1, -0.05) is 12.2 Å². The van der Waals surface area contributed by atoms with Gasteiger partial charge in [0.1, 0.15) is 0 Å². The van der Waals surface area contributed by atoms with Crippen LogP contribution in [0.25, 0.3) is 0 Å². The van der Waals surface area contributed by atoms with Gasteiger partial charge in [0, 0.05) is 24.5 Å². The van der Waals surface area contributed by atoms with Crippen molar-refractivity contribution in [2.75, 3.05) is 13.3 Å². The molecule has 4 heteroatoms. The summed E-state index contributed by atoms with van der Waals surface area (Å²) >= 11 is 0. The van der Waals surface area contributed by atoms with E-state index in [1.165, 1.54) is 11.1 Å². The van der Waals surface area contributed by atoms with Crippen LogP contribution in [0, 0.1) is 0 Å². The number of rotatable bonds is 0. The fourth-order valence-corrected chi connectivity index (χ4v) is 4.48. The second-order valence-corrected chi connectivity index (χ2v) is 6.30. The SMILES string of the molecule is O[C@@H]1C=C[C@]23CCN(Cc4cc5c(cc42)OCO5)C3C1. The van der Waals surface area contributed by atoms with Crippen molar-refractivity contribution in [2.24, 2.45) is 0 Å². The van der Waals surface area contributed by atoms with Gasteiger partial charge in [-0.25, -0.2) is 0 Å². The number of ether oxygens (including phenoxy) is 2. The molecule has 0 amide bonds. The van der Waals surface area contributed by atoms with Gasteiger partial charge in [-0.05, 0) is 36.1 Å². The molecule has 4 atom stereocenters. The van der Waals surface area contributed by atoms with E-state index in [0.717, 1.165) is 37.4 Å². The van der Waals surface area contributed by atoms with Crippen molar-refractivity contribution < 1.29 is 14.6 Å². The lowest BCUT2D eigenvalue weighted by atomic mass is 9.66. The van der Waals surface area contributed by atoms with E-state index in [9.17, 15) is 5.11 Å². The molecule has 1 saturated heterocycles. The van der Waals surface area contributed by atoms with Crippen LogP contribution < -0.4 is 9.47 Å². The van der Waals surface area contributed by atoms with Crippen molar-refractivity contribution in [3.8, 4) is 11.5 Å². The molecule has 1 aromatic carbocycles. The Morgan fingerprint density at radius 2 is 2.10 bits per heavy atom. The van der Waals surface area contributed by atoms with Crippen molar-refractivity contribution in [3.63, 3.8) is 0 Å². The standard InChI is InChI=1S/C16H17NO3/c18-11-1-2-16-3-4-17(15(16)6-11)8-10-5-13-14(7-12(10)16)20-9-19-13/h1-2,5,7,11,15,18H,3-4,6,8-9H2/t11-,15?,16+/m1/s1. The molecule has 0 spiro atoms. The van der Waals surface area contributed by atoms with Crippen molar-refractivity contribution in [1.82, 2.24) is 4.90 Å². The number of aliphatic hydroxyl groups excluding tert-OH is 1. The van der Waals surface area contributed by atoms with Crippen LogP contribution in [0.15, 0.2) is 24.3 Å². The third kappa shape index (κ3) is 1.24. The zero-order valence-corrected chi connectivity index (χ0v) is 11.2. The summed E-state index contributed by atoms with van der Waals surface area (Å²) in [7, 11) is 0. The van der Waals surface area contributed by atoms with Gasteiger partial charge in [0.05, 0.1) is 6.10 Å². The fraction of sp³-hybridized carbons (Fsp3) is 0.500. The first-order valence-corrected chi connectivity index (χ1v) is 7.31. The van der Waals surface area contributed by atoms with Gasteiger partial charge in [-0.3, -0.25) is 4.90 Å². The molecule has 1 N–H and O–H groups in total. The Labute approximate surface area is 117 Å². The lowest BCUT2D eigenvalue weighted by molar-refractivity contribution is 0.110. The molecule has 0 radical (unpaired) electrons. The number of fused-ring (bicyclic) bond motifs is 2. The average Bonchev–Trinajstić information content (AvgIpc) is 3.00. The summed E-state index contributed by atoms with van der Waals surface area (Å²) in [6, 6.07) is 4.75. The fourth-order valence-electron chi connectivity index (χ4n) is 4.48. The molecule has 104 valence electrons. The highest BCUT2D eigenvalue weighted by molar-refractivity contribution is 5.55. The largest absolute Gasteiger partial charge is 0.454 e. The van der Waals surface area contributed by atoms with E-state index in [1.807, 2.05) is 6.08 Å². The van der Waals surface area contributed by atoms with Crippen LogP contribution in [0.1, 0.15) is 24.0 Å². The first-order valence-electron chi connectivity index (χ1n) is 7.31. The first-order chi connectivity index (χ1) is 9.76. The van der Waals surface area contributed by atoms with Gasteiger partial charge in [-0.2, -0.15) is 0 Å². The van der Waals surface area contributed by atoms with E-state index < -0.39 is 0 Å². The van der Waals surface area contributed by atoms with Crippen molar-refractivity contribution in [3.05, 3.63) is 35.4 Å². The molecule has 1 fully saturated rings. The third-order valence-corrected chi connectivity index (χ3v) is 5.40. The number of nitrogens with zero attached hydrogens (tertiary/aromatic N) is 1. The Morgan fingerprint density at radius 3 is 3.00 bits per heavy atom. The maximum Gasteiger partial charge on any atom is 0.231 e. The van der Waals surface area contributed by atoms with Crippen LogP contribution in [-0.2, 0) is 12.0 Å². The zero-order chi connectivity index (χ0) is 13.3. The molecule has 3 heterocycles. The molecule has 1 aromatic rings. The van der Waals surface area contributed by atoms with Gasteiger partial charge < -0.3 is 14.6 Å². The lowest BCUT2D eigenvalue weighted by Crippen LogP contribution is -2.49. The minimum absolute atomic E-state index is 0.0633. The van der Waals surface area contributed by atoms with Crippen LogP contribution >= 0.6 is 0 Å². The summed E-state index contributed by atoms with van der Waals surface area (Å²) in [5.41, 5.74) is 2.79. The van der Waals surface area contributed by atoms with E-state index in [0.29, 0.717) is 12.8 Å². The molecule has 1 aliphatic carbocycles. The third-order valence-electron chi connectivity index (χ3n) is 5.40. The predicted octanol–water partition coefficient (Wildman–Crippen LogP) is 1.56. The topological polar surface area (TPSA) is 41.9 Å². The minimum Gasteiger partial charge on any atom is -0.454 e. The number of hydrogen-bond acceptors (Lipinski definition) is 4. The minimum atomic E-state index is -0.302. The molecule has 4 aliphatic rings. The highest BCUT2D eigenvalue weighted by atomic mass is 16.7. The first kappa shape index (κ1) is 11.2. The molecule has 20 heavy (non-hydrogen) atoms. The highest BCUT2D eigenvalue weighted by Gasteiger charge is 2.53. The van der Waals surface area contributed by atoms with Gasteiger partial charge in [0.25, 0.3) is 0 Å². The molecule has 2 unspecified atom stereocenters. The molecule has 4 nitrogen and oxygen atoms in total. The smallest absolute Gasteiger partial charge is 0.231 e. The Balaban J connectivity index is 1.74. The molecular weight excluding hydrogens is 254 g/mol. The second-order valence-electron chi connectivity index (χ2n) is 6.30. The summed E-state index contributed by atoms with van der Waals surface area (Å²) in [6.45, 7) is 2.38. The number of aliphatic hydroxyl groups is 1. The molecule has 0 aromatic heterocycles. The maximum absolute atomic E-state index is 9.95. The summed E-state index contributed by atoms with van der Waals surface area (Å²) in [5.74, 6) is 1.75. The van der Waals surface area contributed by atoms with E-state index >= 15 is 0 Å². The monoisotopic (exact) mass is 271 g/mol. The van der Waals surface area contributed by atoms with Gasteiger partial charge >= 0.3 is 0 Å². The van der Waals surface area contributed by atoms with Crippen LogP contribution in [0.5, 0.6) is 11.5 Å². The Bertz CT molecular complexity index is 626. The quantitative estimate of drug-likeness (QED) is 0.727. The summed E-state index contributed by atoms with van der Waals surface area (Å²) in [4.78, 5) is 2.51. The van der Waals surface area contributed by atoms with Gasteiger partial charge in [0.2, 0.25) is 6.79 Å². The van der Waals surface area contributed by atoms with E-state index in [4.69, 9.17) is 9.47 Å². The summed E-state index contributed by atoms with van der Waals surface area (Å²) in [5, 5.41) is 9.95. The van der Waals surface area contributed by atoms with Crippen LogP contribution in [0.4, 0.5) is 0 Å². The van der Waals surface area contributed by atoms with Crippen molar-refractivity contribution in [1.29, 1.82) is 0 Å². The number of benzene rings is 1. The van der Waals surface area contributed by atoms with Gasteiger partial charge in [-0.15, -0.1) is 0 Å². The van der Waals surface area contributed by atoms with E-state index in [-0.39, 0.29) is 11.5 Å².